The molecule has 2 rings (SSSR count). The quantitative estimate of drug-likeness (QED) is 0.684. The highest BCUT2D eigenvalue weighted by atomic mass is 79.9. The number of alkyl halides is 1. The van der Waals surface area contributed by atoms with Crippen molar-refractivity contribution in [3.8, 4) is 0 Å². The van der Waals surface area contributed by atoms with Gasteiger partial charge in [-0.05, 0) is 30.9 Å². The molecule has 0 bridgehead atoms. The maximum atomic E-state index is 6.28. The van der Waals surface area contributed by atoms with Gasteiger partial charge >= 0.3 is 0 Å². The maximum absolute atomic E-state index is 6.28. The third-order valence-corrected chi connectivity index (χ3v) is 4.98. The molecule has 0 radical (unpaired) electrons. The highest BCUT2D eigenvalue weighted by Crippen LogP contribution is 2.34. The van der Waals surface area contributed by atoms with E-state index in [0.29, 0.717) is 6.04 Å². The number of hydrogen-bond donors (Lipinski definition) is 0. The summed E-state index contributed by atoms with van der Waals surface area (Å²) in [6.45, 7) is 2.36. The van der Waals surface area contributed by atoms with E-state index in [1.807, 2.05) is 12.1 Å². The van der Waals surface area contributed by atoms with Gasteiger partial charge in [0.25, 0.3) is 0 Å². The van der Waals surface area contributed by atoms with Crippen molar-refractivity contribution >= 4 is 33.2 Å². The van der Waals surface area contributed by atoms with Crippen molar-refractivity contribution in [1.29, 1.82) is 0 Å². The summed E-state index contributed by atoms with van der Waals surface area (Å²) in [4.78, 5) is 2.43. The molecule has 2 atom stereocenters. The number of hydrogen-bond acceptors (Lipinski definition) is 1. The van der Waals surface area contributed by atoms with Gasteiger partial charge in [0.1, 0.15) is 0 Å². The minimum Gasteiger partial charge on any atom is -0.371 e. The predicted molar refractivity (Wildman–Crippen MR) is 83.9 cm³/mol. The smallest absolute Gasteiger partial charge is 0.0467 e. The molecule has 0 aliphatic heterocycles. The average Bonchev–Trinajstić information content (AvgIpc) is 2.37. The lowest BCUT2D eigenvalue weighted by Gasteiger charge is -2.36. The first kappa shape index (κ1) is 14.2. The molecule has 18 heavy (non-hydrogen) atoms. The van der Waals surface area contributed by atoms with Crippen LogP contribution in [0.15, 0.2) is 18.2 Å². The Kier molecular flexibility index (Phi) is 4.97. The van der Waals surface area contributed by atoms with Crippen molar-refractivity contribution in [2.45, 2.75) is 44.0 Å². The maximum Gasteiger partial charge on any atom is 0.0467 e. The molecule has 100 valence electrons. The average molecular weight is 331 g/mol. The van der Waals surface area contributed by atoms with E-state index in [1.54, 1.807) is 0 Å². The van der Waals surface area contributed by atoms with Gasteiger partial charge < -0.3 is 4.90 Å². The minimum atomic E-state index is 0.657. The monoisotopic (exact) mass is 329 g/mol. The van der Waals surface area contributed by atoms with Gasteiger partial charge in [-0.3, -0.25) is 0 Å². The lowest BCUT2D eigenvalue weighted by molar-refractivity contribution is 0.336. The van der Waals surface area contributed by atoms with Gasteiger partial charge in [-0.15, -0.1) is 0 Å². The molecule has 1 aromatic carbocycles. The van der Waals surface area contributed by atoms with E-state index in [-0.39, 0.29) is 0 Å². The molecule has 0 aromatic heterocycles. The molecule has 0 saturated heterocycles. The molecule has 1 saturated carbocycles. The standard InChI is InChI=1S/C15H21BrClN/c1-11-5-3-6-12(9-11)18(2)15-8-4-7-14(17)13(15)10-16/h4,7-8,11-12H,3,5-6,9-10H2,1-2H3. The molecule has 1 aliphatic carbocycles. The normalized spacial score (nSPS) is 24.0. The van der Waals surface area contributed by atoms with Gasteiger partial charge in [0, 0.05) is 34.7 Å². The zero-order valence-corrected chi connectivity index (χ0v) is 13.5. The van der Waals surface area contributed by atoms with Crippen molar-refractivity contribution in [2.75, 3.05) is 11.9 Å². The second kappa shape index (κ2) is 6.29. The van der Waals surface area contributed by atoms with Crippen LogP contribution in [0, 0.1) is 5.92 Å². The third kappa shape index (κ3) is 3.03. The Hall–Kier alpha value is -0.210. The SMILES string of the molecule is CC1CCCC(N(C)c2cccc(Cl)c2CBr)C1. The van der Waals surface area contributed by atoms with Crippen LogP contribution in [-0.2, 0) is 5.33 Å². The Morgan fingerprint density at radius 2 is 2.17 bits per heavy atom. The summed E-state index contributed by atoms with van der Waals surface area (Å²) in [5.74, 6) is 0.845. The number of rotatable bonds is 3. The van der Waals surface area contributed by atoms with E-state index in [2.05, 4.69) is 40.9 Å². The summed E-state index contributed by atoms with van der Waals surface area (Å²) in [6, 6.07) is 6.86. The summed E-state index contributed by atoms with van der Waals surface area (Å²) >= 11 is 9.84. The molecule has 1 aromatic rings. The van der Waals surface area contributed by atoms with Crippen molar-refractivity contribution in [2.24, 2.45) is 5.92 Å². The van der Waals surface area contributed by atoms with Crippen LogP contribution in [0.1, 0.15) is 38.2 Å². The first-order valence-corrected chi connectivity index (χ1v) is 8.19. The highest BCUT2D eigenvalue weighted by molar-refractivity contribution is 9.08. The van der Waals surface area contributed by atoms with E-state index in [0.717, 1.165) is 16.3 Å². The fraction of sp³-hybridized carbons (Fsp3) is 0.600. The number of nitrogens with zero attached hydrogens (tertiary/aromatic N) is 1. The summed E-state index contributed by atoms with van der Waals surface area (Å²) in [5.41, 5.74) is 2.48. The summed E-state index contributed by atoms with van der Waals surface area (Å²) in [7, 11) is 2.21. The summed E-state index contributed by atoms with van der Waals surface area (Å²) in [5, 5.41) is 1.68. The van der Waals surface area contributed by atoms with Crippen LogP contribution in [0.3, 0.4) is 0 Å². The zero-order valence-electron chi connectivity index (χ0n) is 11.1. The van der Waals surface area contributed by atoms with Gasteiger partial charge in [-0.1, -0.05) is 53.4 Å². The van der Waals surface area contributed by atoms with Crippen molar-refractivity contribution in [3.05, 3.63) is 28.8 Å². The Bertz CT molecular complexity index is 407. The van der Waals surface area contributed by atoms with Crippen LogP contribution >= 0.6 is 27.5 Å². The van der Waals surface area contributed by atoms with E-state index in [4.69, 9.17) is 11.6 Å². The van der Waals surface area contributed by atoms with Crippen LogP contribution in [-0.4, -0.2) is 13.1 Å². The molecule has 0 N–H and O–H groups in total. The van der Waals surface area contributed by atoms with Gasteiger partial charge in [0.2, 0.25) is 0 Å². The number of benzene rings is 1. The summed E-state index contributed by atoms with van der Waals surface area (Å²) < 4.78 is 0. The van der Waals surface area contributed by atoms with E-state index < -0.39 is 0 Å². The molecule has 0 amide bonds. The van der Waals surface area contributed by atoms with Crippen LogP contribution in [0.5, 0.6) is 0 Å². The Morgan fingerprint density at radius 3 is 2.83 bits per heavy atom. The topological polar surface area (TPSA) is 3.24 Å². The van der Waals surface area contributed by atoms with E-state index in [1.165, 1.54) is 36.9 Å². The molecule has 0 heterocycles. The third-order valence-electron chi connectivity index (χ3n) is 4.06. The molecule has 1 aliphatic rings. The largest absolute Gasteiger partial charge is 0.371 e. The molecule has 3 heteroatoms. The number of halogens is 2. The van der Waals surface area contributed by atoms with E-state index in [9.17, 15) is 0 Å². The second-order valence-electron chi connectivity index (χ2n) is 5.41. The molecule has 0 spiro atoms. The highest BCUT2D eigenvalue weighted by Gasteiger charge is 2.24. The van der Waals surface area contributed by atoms with Crippen LogP contribution in [0.4, 0.5) is 5.69 Å². The van der Waals surface area contributed by atoms with E-state index >= 15 is 0 Å². The summed E-state index contributed by atoms with van der Waals surface area (Å²) in [6.07, 6.45) is 5.32. The van der Waals surface area contributed by atoms with Crippen LogP contribution < -0.4 is 4.90 Å². The molecule has 1 fully saturated rings. The van der Waals surface area contributed by atoms with Gasteiger partial charge in [0.05, 0.1) is 0 Å². The first-order valence-electron chi connectivity index (χ1n) is 6.69. The Morgan fingerprint density at radius 1 is 1.39 bits per heavy atom. The lowest BCUT2D eigenvalue weighted by atomic mass is 9.86. The van der Waals surface area contributed by atoms with Crippen LogP contribution in [0.25, 0.3) is 0 Å². The Balaban J connectivity index is 2.22. The van der Waals surface area contributed by atoms with Crippen molar-refractivity contribution < 1.29 is 0 Å². The fourth-order valence-electron chi connectivity index (χ4n) is 2.96. The molecular formula is C15H21BrClN. The minimum absolute atomic E-state index is 0.657. The van der Waals surface area contributed by atoms with Crippen LogP contribution in [0.2, 0.25) is 5.02 Å². The van der Waals surface area contributed by atoms with Gasteiger partial charge in [-0.2, -0.15) is 0 Å². The van der Waals surface area contributed by atoms with Gasteiger partial charge in [0.15, 0.2) is 0 Å². The molecular weight excluding hydrogens is 310 g/mol. The van der Waals surface area contributed by atoms with Gasteiger partial charge in [-0.25, -0.2) is 0 Å². The Labute approximate surface area is 124 Å². The predicted octanol–water partition coefficient (Wildman–Crippen LogP) is 5.25. The molecule has 1 nitrogen and oxygen atoms in total. The molecule has 2 unspecified atom stereocenters. The fourth-order valence-corrected chi connectivity index (χ4v) is 3.95. The lowest BCUT2D eigenvalue weighted by Crippen LogP contribution is -2.36. The van der Waals surface area contributed by atoms with Crippen molar-refractivity contribution in [3.63, 3.8) is 0 Å². The number of anilines is 1. The first-order chi connectivity index (χ1) is 8.63. The second-order valence-corrected chi connectivity index (χ2v) is 6.38. The van der Waals surface area contributed by atoms with Crippen molar-refractivity contribution in [1.82, 2.24) is 0 Å². The zero-order chi connectivity index (χ0) is 13.1.